The summed E-state index contributed by atoms with van der Waals surface area (Å²) >= 11 is 7.28. The molecule has 1 aliphatic rings. The predicted octanol–water partition coefficient (Wildman–Crippen LogP) is 3.37. The van der Waals surface area contributed by atoms with Crippen molar-refractivity contribution >= 4 is 53.7 Å². The highest BCUT2D eigenvalue weighted by Gasteiger charge is 2.22. The molecule has 1 fully saturated rings. The van der Waals surface area contributed by atoms with E-state index in [1.54, 1.807) is 5.38 Å². The number of nitrogens with two attached hydrogens (primary N) is 1. The molecule has 0 saturated carbocycles. The molecule has 3 N–H and O–H groups in total. The molecule has 1 saturated heterocycles. The topological polar surface area (TPSA) is 80.5 Å². The first-order chi connectivity index (χ1) is 12.6. The lowest BCUT2D eigenvalue weighted by Crippen LogP contribution is -2.45. The first-order valence-corrected chi connectivity index (χ1v) is 9.96. The van der Waals surface area contributed by atoms with E-state index in [1.807, 2.05) is 24.3 Å². The molecule has 2 heterocycles. The molecule has 0 spiro atoms. The fourth-order valence-corrected chi connectivity index (χ4v) is 3.67. The van der Waals surface area contributed by atoms with Gasteiger partial charge in [-0.3, -0.25) is 9.69 Å². The van der Waals surface area contributed by atoms with Crippen LogP contribution in [0, 0.1) is 0 Å². The number of aromatic nitrogens is 1. The average molecular weight is 468 g/mol. The highest BCUT2D eigenvalue weighted by Crippen LogP contribution is 2.16. The number of likely N-dealkylation sites (tertiary alicyclic amines) is 1. The summed E-state index contributed by atoms with van der Waals surface area (Å²) in [5.41, 5.74) is 6.01. The van der Waals surface area contributed by atoms with Crippen LogP contribution in [-0.2, 0) is 6.54 Å². The number of carbonyl (C=O) groups excluding carboxylic acids is 1. The molecular weight excluding hydrogens is 443 g/mol. The van der Waals surface area contributed by atoms with Crippen molar-refractivity contribution in [2.45, 2.75) is 25.4 Å². The van der Waals surface area contributed by atoms with Crippen molar-refractivity contribution in [2.75, 3.05) is 26.2 Å². The van der Waals surface area contributed by atoms with Gasteiger partial charge in [-0.25, -0.2) is 4.98 Å². The highest BCUT2D eigenvalue weighted by atomic mass is 35.5. The van der Waals surface area contributed by atoms with Crippen LogP contribution in [-0.4, -0.2) is 48.1 Å². The number of nitrogens with zero attached hydrogens (tertiary/aromatic N) is 2. The van der Waals surface area contributed by atoms with E-state index in [9.17, 15) is 4.79 Å². The zero-order chi connectivity index (χ0) is 18.4. The summed E-state index contributed by atoms with van der Waals surface area (Å²) in [4.78, 5) is 18.8. The first kappa shape index (κ1) is 24.9. The predicted molar refractivity (Wildman–Crippen MR) is 118 cm³/mol. The maximum absolute atomic E-state index is 12.2. The fourth-order valence-electron chi connectivity index (χ4n) is 2.89. The maximum atomic E-state index is 12.2. The van der Waals surface area contributed by atoms with E-state index in [0.29, 0.717) is 23.9 Å². The summed E-state index contributed by atoms with van der Waals surface area (Å²) in [5, 5.41) is 6.33. The second-order valence-electron chi connectivity index (χ2n) is 6.22. The van der Waals surface area contributed by atoms with Gasteiger partial charge in [0.05, 0.1) is 0 Å². The Morgan fingerprint density at radius 1 is 1.29 bits per heavy atom. The molecule has 1 amide bonds. The normalized spacial score (nSPS) is 14.6. The average Bonchev–Trinajstić information content (AvgIpc) is 3.14. The van der Waals surface area contributed by atoms with Gasteiger partial charge in [0.2, 0.25) is 0 Å². The number of nitrogens with one attached hydrogen (secondary N) is 1. The molecule has 6 nitrogen and oxygen atoms in total. The van der Waals surface area contributed by atoms with Crippen molar-refractivity contribution < 1.29 is 9.53 Å². The van der Waals surface area contributed by atoms with E-state index in [-0.39, 0.29) is 36.8 Å². The zero-order valence-electron chi connectivity index (χ0n) is 15.3. The molecule has 1 aromatic carbocycles. The number of halogens is 3. The van der Waals surface area contributed by atoms with Crippen LogP contribution in [0.4, 0.5) is 0 Å². The molecule has 1 aliphatic heterocycles. The molecule has 1 aromatic heterocycles. The number of carbonyl (C=O) groups is 1. The van der Waals surface area contributed by atoms with Gasteiger partial charge in [-0.05, 0) is 37.1 Å². The Balaban J connectivity index is 0.00000196. The monoisotopic (exact) mass is 466 g/mol. The molecule has 0 unspecified atom stereocenters. The largest absolute Gasteiger partial charge is 0.492 e. The third-order valence-corrected chi connectivity index (χ3v) is 5.49. The van der Waals surface area contributed by atoms with Crippen molar-refractivity contribution in [3.63, 3.8) is 0 Å². The molecule has 3 rings (SSSR count). The Morgan fingerprint density at radius 3 is 2.57 bits per heavy atom. The Labute approximate surface area is 186 Å². The van der Waals surface area contributed by atoms with Crippen molar-refractivity contribution in [3.8, 4) is 5.75 Å². The lowest BCUT2D eigenvalue weighted by molar-refractivity contribution is 0.0901. The van der Waals surface area contributed by atoms with Gasteiger partial charge in [0.25, 0.3) is 5.91 Å². The van der Waals surface area contributed by atoms with Crippen LogP contribution >= 0.6 is 47.8 Å². The minimum absolute atomic E-state index is 0. The summed E-state index contributed by atoms with van der Waals surface area (Å²) in [6.45, 7) is 3.77. The first-order valence-electron chi connectivity index (χ1n) is 8.70. The summed E-state index contributed by atoms with van der Waals surface area (Å²) in [6.07, 6.45) is 1.86. The maximum Gasteiger partial charge on any atom is 0.270 e. The Bertz CT molecular complexity index is 722. The van der Waals surface area contributed by atoms with E-state index in [4.69, 9.17) is 22.1 Å². The summed E-state index contributed by atoms with van der Waals surface area (Å²) in [7, 11) is 0. The fraction of sp³-hybridized carbons (Fsp3) is 0.444. The molecule has 28 heavy (non-hydrogen) atoms. The Morgan fingerprint density at radius 2 is 1.96 bits per heavy atom. The lowest BCUT2D eigenvalue weighted by Gasteiger charge is -2.32. The van der Waals surface area contributed by atoms with E-state index in [1.165, 1.54) is 11.3 Å². The Hall–Kier alpha value is -1.09. The van der Waals surface area contributed by atoms with Gasteiger partial charge in [0.1, 0.15) is 23.1 Å². The van der Waals surface area contributed by atoms with Crippen LogP contribution < -0.4 is 15.8 Å². The zero-order valence-corrected chi connectivity index (χ0v) is 18.5. The van der Waals surface area contributed by atoms with Crippen LogP contribution in [0.25, 0.3) is 0 Å². The minimum Gasteiger partial charge on any atom is -0.492 e. The summed E-state index contributed by atoms with van der Waals surface area (Å²) in [6, 6.07) is 7.59. The standard InChI is InChI=1S/C18H23ClN4O2S.2ClH/c19-13-1-3-15(4-2-13)25-10-9-23-7-5-14(6-8-23)21-18(24)16-12-26-17(11-20)22-16;;/h1-4,12,14H,5-11,20H2,(H,21,24);2*1H. The van der Waals surface area contributed by atoms with E-state index >= 15 is 0 Å². The number of thiazole rings is 1. The van der Waals surface area contributed by atoms with Gasteiger partial charge < -0.3 is 15.8 Å². The van der Waals surface area contributed by atoms with Gasteiger partial charge in [-0.15, -0.1) is 36.2 Å². The third-order valence-electron chi connectivity index (χ3n) is 4.37. The lowest BCUT2D eigenvalue weighted by atomic mass is 10.0. The third kappa shape index (κ3) is 7.39. The number of amides is 1. The van der Waals surface area contributed by atoms with Crippen molar-refractivity contribution in [1.29, 1.82) is 0 Å². The number of hydrogen-bond acceptors (Lipinski definition) is 6. The van der Waals surface area contributed by atoms with Crippen LogP contribution in [0.5, 0.6) is 5.75 Å². The molecule has 0 radical (unpaired) electrons. The molecule has 0 aliphatic carbocycles. The van der Waals surface area contributed by atoms with Crippen molar-refractivity contribution in [1.82, 2.24) is 15.2 Å². The van der Waals surface area contributed by atoms with Gasteiger partial charge in [-0.2, -0.15) is 0 Å². The van der Waals surface area contributed by atoms with E-state index in [0.717, 1.165) is 43.2 Å². The van der Waals surface area contributed by atoms with Crippen LogP contribution in [0.2, 0.25) is 5.02 Å². The number of benzene rings is 1. The highest BCUT2D eigenvalue weighted by molar-refractivity contribution is 7.09. The SMILES string of the molecule is Cl.Cl.NCc1nc(C(=O)NC2CCN(CCOc3ccc(Cl)cc3)CC2)cs1. The molecule has 0 bridgehead atoms. The minimum atomic E-state index is -0.106. The summed E-state index contributed by atoms with van der Waals surface area (Å²) in [5.74, 6) is 0.724. The van der Waals surface area contributed by atoms with Gasteiger partial charge >= 0.3 is 0 Å². The molecule has 10 heteroatoms. The van der Waals surface area contributed by atoms with Crippen LogP contribution in [0.3, 0.4) is 0 Å². The van der Waals surface area contributed by atoms with Crippen LogP contribution in [0.1, 0.15) is 28.3 Å². The molecule has 2 aromatic rings. The number of hydrogen-bond donors (Lipinski definition) is 2. The molecular formula is C18H25Cl3N4O2S. The molecule has 0 atom stereocenters. The quantitative estimate of drug-likeness (QED) is 0.652. The number of ether oxygens (including phenoxy) is 1. The smallest absolute Gasteiger partial charge is 0.270 e. The molecule has 156 valence electrons. The van der Waals surface area contributed by atoms with Gasteiger partial charge in [0.15, 0.2) is 0 Å². The van der Waals surface area contributed by atoms with Gasteiger partial charge in [0, 0.05) is 42.6 Å². The van der Waals surface area contributed by atoms with Crippen LogP contribution in [0.15, 0.2) is 29.6 Å². The van der Waals surface area contributed by atoms with Crippen molar-refractivity contribution in [2.24, 2.45) is 5.73 Å². The van der Waals surface area contributed by atoms with Gasteiger partial charge in [-0.1, -0.05) is 11.6 Å². The number of rotatable bonds is 7. The number of piperidine rings is 1. The van der Waals surface area contributed by atoms with Crippen molar-refractivity contribution in [3.05, 3.63) is 45.4 Å². The summed E-state index contributed by atoms with van der Waals surface area (Å²) < 4.78 is 5.74. The Kier molecular flexibility index (Phi) is 11.1. The van der Waals surface area contributed by atoms with E-state index in [2.05, 4.69) is 15.2 Å². The second-order valence-corrected chi connectivity index (χ2v) is 7.60. The second kappa shape index (κ2) is 12.5. The van der Waals surface area contributed by atoms with E-state index < -0.39 is 0 Å².